The Labute approximate surface area is 158 Å². The summed E-state index contributed by atoms with van der Waals surface area (Å²) < 4.78 is 15.8. The van der Waals surface area contributed by atoms with Crippen LogP contribution in [0.2, 0.25) is 0 Å². The number of ketones is 1. The van der Waals surface area contributed by atoms with E-state index in [0.717, 1.165) is 0 Å². The molecule has 1 amide bonds. The van der Waals surface area contributed by atoms with Gasteiger partial charge in [-0.1, -0.05) is 18.2 Å². The third-order valence-electron chi connectivity index (χ3n) is 4.17. The Morgan fingerprint density at radius 1 is 1.04 bits per heavy atom. The van der Waals surface area contributed by atoms with Gasteiger partial charge in [0, 0.05) is 24.2 Å². The summed E-state index contributed by atoms with van der Waals surface area (Å²) >= 11 is 0. The zero-order chi connectivity index (χ0) is 19.1. The van der Waals surface area contributed by atoms with Crippen LogP contribution in [0.1, 0.15) is 15.9 Å². The number of methoxy groups -OCH3 is 1. The van der Waals surface area contributed by atoms with Crippen molar-refractivity contribution in [2.75, 3.05) is 33.4 Å². The molecule has 0 saturated carbocycles. The Hall–Kier alpha value is -3.12. The highest BCUT2D eigenvalue weighted by Crippen LogP contribution is 2.21. The lowest BCUT2D eigenvalue weighted by atomic mass is 10.1. The van der Waals surface area contributed by atoms with Gasteiger partial charge in [0.15, 0.2) is 5.78 Å². The zero-order valence-corrected chi connectivity index (χ0v) is 15.1. The summed E-state index contributed by atoms with van der Waals surface area (Å²) in [6, 6.07) is 14.0. The van der Waals surface area contributed by atoms with E-state index in [1.54, 1.807) is 60.6 Å². The number of benzene rings is 2. The molecule has 0 spiro atoms. The number of morpholine rings is 1. The van der Waals surface area contributed by atoms with Crippen molar-refractivity contribution in [3.05, 3.63) is 65.7 Å². The topological polar surface area (TPSA) is 65.1 Å². The van der Waals surface area contributed by atoms with Gasteiger partial charge < -0.3 is 19.1 Å². The van der Waals surface area contributed by atoms with Gasteiger partial charge in [-0.05, 0) is 42.5 Å². The lowest BCUT2D eigenvalue weighted by Crippen LogP contribution is -2.42. The Kier molecular flexibility index (Phi) is 6.22. The molecule has 1 fully saturated rings. The molecule has 1 aliphatic rings. The number of ether oxygens (including phenoxy) is 3. The minimum absolute atomic E-state index is 0.146. The first-order valence-corrected chi connectivity index (χ1v) is 8.67. The molecule has 2 aromatic carbocycles. The van der Waals surface area contributed by atoms with Crippen LogP contribution in [0.15, 0.2) is 54.6 Å². The molecule has 3 rings (SSSR count). The average Bonchev–Trinajstić information content (AvgIpc) is 2.73. The predicted molar refractivity (Wildman–Crippen MR) is 101 cm³/mol. The van der Waals surface area contributed by atoms with Crippen LogP contribution in [0.4, 0.5) is 4.79 Å². The minimum Gasteiger partial charge on any atom is -0.497 e. The highest BCUT2D eigenvalue weighted by atomic mass is 16.6. The van der Waals surface area contributed by atoms with Crippen LogP contribution in [-0.2, 0) is 4.74 Å². The van der Waals surface area contributed by atoms with Crippen molar-refractivity contribution >= 4 is 18.0 Å². The second-order valence-corrected chi connectivity index (χ2v) is 5.93. The van der Waals surface area contributed by atoms with Gasteiger partial charge in [-0.3, -0.25) is 4.79 Å². The maximum Gasteiger partial charge on any atom is 0.415 e. The summed E-state index contributed by atoms with van der Waals surface area (Å²) in [4.78, 5) is 26.2. The summed E-state index contributed by atoms with van der Waals surface area (Å²) in [6.07, 6.45) is 2.69. The molecule has 0 atom stereocenters. The third-order valence-corrected chi connectivity index (χ3v) is 4.17. The first-order chi connectivity index (χ1) is 13.2. The molecule has 1 saturated heterocycles. The molecular weight excluding hydrogens is 346 g/mol. The molecule has 2 aromatic rings. The van der Waals surface area contributed by atoms with Crippen LogP contribution in [-0.4, -0.2) is 50.2 Å². The average molecular weight is 367 g/mol. The number of hydrogen-bond donors (Lipinski definition) is 0. The van der Waals surface area contributed by atoms with Crippen molar-refractivity contribution < 1.29 is 23.8 Å². The molecule has 0 unspecified atom stereocenters. The van der Waals surface area contributed by atoms with Gasteiger partial charge >= 0.3 is 6.09 Å². The van der Waals surface area contributed by atoms with Crippen molar-refractivity contribution in [2.24, 2.45) is 0 Å². The number of amides is 1. The number of para-hydroxylation sites is 1. The predicted octanol–water partition coefficient (Wildman–Crippen LogP) is 3.42. The molecule has 0 aromatic heterocycles. The summed E-state index contributed by atoms with van der Waals surface area (Å²) in [5, 5.41) is 0. The Balaban J connectivity index is 1.70. The smallest absolute Gasteiger partial charge is 0.415 e. The lowest BCUT2D eigenvalue weighted by molar-refractivity contribution is 0.0416. The van der Waals surface area contributed by atoms with Gasteiger partial charge in [0.05, 0.1) is 20.3 Å². The molecule has 0 radical (unpaired) electrons. The number of nitrogens with zero attached hydrogens (tertiary/aromatic N) is 1. The molecule has 140 valence electrons. The molecule has 0 bridgehead atoms. The molecule has 1 heterocycles. The van der Waals surface area contributed by atoms with Crippen LogP contribution < -0.4 is 9.47 Å². The normalized spacial score (nSPS) is 14.2. The van der Waals surface area contributed by atoms with Gasteiger partial charge in [0.1, 0.15) is 11.5 Å². The van der Waals surface area contributed by atoms with Gasteiger partial charge in [-0.15, -0.1) is 0 Å². The standard InChI is InChI=1S/C21H21NO5/c1-25-18-9-6-16(7-10-18)19(23)11-8-17-4-2-3-5-20(17)27-21(24)22-12-14-26-15-13-22/h2-11H,12-15H2,1H3. The molecule has 6 nitrogen and oxygen atoms in total. The molecule has 27 heavy (non-hydrogen) atoms. The Morgan fingerprint density at radius 3 is 2.44 bits per heavy atom. The second kappa shape index (κ2) is 9.00. The highest BCUT2D eigenvalue weighted by Gasteiger charge is 2.19. The van der Waals surface area contributed by atoms with Crippen LogP contribution >= 0.6 is 0 Å². The molecule has 6 heteroatoms. The number of rotatable bonds is 5. The zero-order valence-electron chi connectivity index (χ0n) is 15.1. The van der Waals surface area contributed by atoms with Crippen molar-refractivity contribution in [1.82, 2.24) is 4.90 Å². The summed E-state index contributed by atoms with van der Waals surface area (Å²) in [7, 11) is 1.58. The number of carbonyl (C=O) groups excluding carboxylic acids is 2. The van der Waals surface area contributed by atoms with E-state index < -0.39 is 6.09 Å². The summed E-state index contributed by atoms with van der Waals surface area (Å²) in [5.74, 6) is 0.954. The molecule has 0 N–H and O–H groups in total. The van der Waals surface area contributed by atoms with Crippen LogP contribution in [0.5, 0.6) is 11.5 Å². The van der Waals surface area contributed by atoms with Gasteiger partial charge in [0.25, 0.3) is 0 Å². The number of hydrogen-bond acceptors (Lipinski definition) is 5. The fourth-order valence-electron chi connectivity index (χ4n) is 2.63. The van der Waals surface area contributed by atoms with E-state index in [0.29, 0.717) is 48.9 Å². The van der Waals surface area contributed by atoms with E-state index in [2.05, 4.69) is 0 Å². The first-order valence-electron chi connectivity index (χ1n) is 8.67. The highest BCUT2D eigenvalue weighted by molar-refractivity contribution is 6.07. The SMILES string of the molecule is COc1ccc(C(=O)C=Cc2ccccc2OC(=O)N2CCOCC2)cc1. The fourth-order valence-corrected chi connectivity index (χ4v) is 2.63. The number of carbonyl (C=O) groups is 2. The lowest BCUT2D eigenvalue weighted by Gasteiger charge is -2.26. The minimum atomic E-state index is -0.416. The van der Waals surface area contributed by atoms with Gasteiger partial charge in [0.2, 0.25) is 0 Å². The van der Waals surface area contributed by atoms with Gasteiger partial charge in [-0.25, -0.2) is 4.79 Å². The van der Waals surface area contributed by atoms with Crippen molar-refractivity contribution in [1.29, 1.82) is 0 Å². The molecular formula is C21H21NO5. The first kappa shape index (κ1) is 18.7. The third kappa shape index (κ3) is 4.95. The van der Waals surface area contributed by atoms with Crippen LogP contribution in [0, 0.1) is 0 Å². The van der Waals surface area contributed by atoms with Crippen molar-refractivity contribution in [3.8, 4) is 11.5 Å². The fraction of sp³-hybridized carbons (Fsp3) is 0.238. The van der Waals surface area contributed by atoms with Crippen molar-refractivity contribution in [3.63, 3.8) is 0 Å². The maximum atomic E-state index is 12.3. The second-order valence-electron chi connectivity index (χ2n) is 5.93. The van der Waals surface area contributed by atoms with E-state index in [4.69, 9.17) is 14.2 Å². The van der Waals surface area contributed by atoms with E-state index in [-0.39, 0.29) is 5.78 Å². The molecule has 0 aliphatic carbocycles. The molecule has 1 aliphatic heterocycles. The quantitative estimate of drug-likeness (QED) is 0.598. The monoisotopic (exact) mass is 367 g/mol. The van der Waals surface area contributed by atoms with Crippen LogP contribution in [0.25, 0.3) is 6.08 Å². The Morgan fingerprint density at radius 2 is 1.74 bits per heavy atom. The summed E-state index contributed by atoms with van der Waals surface area (Å²) in [6.45, 7) is 2.03. The van der Waals surface area contributed by atoms with Gasteiger partial charge in [-0.2, -0.15) is 0 Å². The maximum absolute atomic E-state index is 12.3. The van der Waals surface area contributed by atoms with E-state index in [9.17, 15) is 9.59 Å². The largest absolute Gasteiger partial charge is 0.497 e. The summed E-state index contributed by atoms with van der Waals surface area (Å²) in [5.41, 5.74) is 1.20. The van der Waals surface area contributed by atoms with Crippen molar-refractivity contribution in [2.45, 2.75) is 0 Å². The Bertz CT molecular complexity index is 823. The van der Waals surface area contributed by atoms with E-state index in [1.165, 1.54) is 6.08 Å². The van der Waals surface area contributed by atoms with E-state index >= 15 is 0 Å². The van der Waals surface area contributed by atoms with E-state index in [1.807, 2.05) is 6.07 Å². The number of allylic oxidation sites excluding steroid dienone is 1. The van der Waals surface area contributed by atoms with Crippen LogP contribution in [0.3, 0.4) is 0 Å².